The molecule has 26 heavy (non-hydrogen) atoms. The molecule has 0 bridgehead atoms. The number of rotatable bonds is 9. The molecular weight excluding hydrogens is 328 g/mol. The van der Waals surface area contributed by atoms with Gasteiger partial charge in [0.2, 0.25) is 11.8 Å². The zero-order chi connectivity index (χ0) is 18.8. The Hall–Kier alpha value is -3.08. The van der Waals surface area contributed by atoms with Crippen molar-refractivity contribution in [2.75, 3.05) is 18.4 Å². The van der Waals surface area contributed by atoms with Gasteiger partial charge in [0, 0.05) is 32.1 Å². The lowest BCUT2D eigenvalue weighted by molar-refractivity contribution is -0.128. The van der Waals surface area contributed by atoms with E-state index in [1.807, 2.05) is 42.5 Å². The first-order valence-corrected chi connectivity index (χ1v) is 8.51. The molecule has 0 saturated heterocycles. The average molecular weight is 352 g/mol. The van der Waals surface area contributed by atoms with E-state index in [9.17, 15) is 9.59 Å². The highest BCUT2D eigenvalue weighted by atomic mass is 16.5. The number of amides is 2. The molecule has 0 aliphatic carbocycles. The van der Waals surface area contributed by atoms with Gasteiger partial charge in [-0.25, -0.2) is 0 Å². The number of hydrogen-bond donors (Lipinski definition) is 1. The number of benzene rings is 2. The third-order valence-corrected chi connectivity index (χ3v) is 3.79. The van der Waals surface area contributed by atoms with Crippen molar-refractivity contribution >= 4 is 17.5 Å². The van der Waals surface area contributed by atoms with Gasteiger partial charge in [-0.1, -0.05) is 36.4 Å². The molecule has 0 aromatic heterocycles. The van der Waals surface area contributed by atoms with Gasteiger partial charge < -0.3 is 15.0 Å². The summed E-state index contributed by atoms with van der Waals surface area (Å²) in [5, 5.41) is 2.82. The van der Waals surface area contributed by atoms with Crippen LogP contribution < -0.4 is 10.1 Å². The van der Waals surface area contributed by atoms with Crippen LogP contribution in [0.5, 0.6) is 5.75 Å². The Kier molecular flexibility index (Phi) is 7.43. The maximum absolute atomic E-state index is 12.0. The van der Waals surface area contributed by atoms with Gasteiger partial charge in [0.15, 0.2) is 0 Å². The lowest BCUT2D eigenvalue weighted by Crippen LogP contribution is -2.32. The topological polar surface area (TPSA) is 58.6 Å². The molecule has 0 unspecified atom stereocenters. The minimum atomic E-state index is -0.140. The standard InChI is InChI=1S/C21H24N2O3/c1-3-14-23(17(2)24)15-13-21(25)22-19-9-11-20(12-10-19)26-16-18-7-5-4-6-8-18/h3-12H,1,13-16H2,2H3,(H,22,25). The highest BCUT2D eigenvalue weighted by Gasteiger charge is 2.10. The van der Waals surface area contributed by atoms with Crippen LogP contribution in [-0.4, -0.2) is 29.8 Å². The molecule has 136 valence electrons. The Balaban J connectivity index is 1.79. The van der Waals surface area contributed by atoms with Gasteiger partial charge in [0.25, 0.3) is 0 Å². The van der Waals surface area contributed by atoms with Crippen LogP contribution >= 0.6 is 0 Å². The fraction of sp³-hybridized carbons (Fsp3) is 0.238. The summed E-state index contributed by atoms with van der Waals surface area (Å²) in [5.74, 6) is 0.525. The van der Waals surface area contributed by atoms with Crippen molar-refractivity contribution < 1.29 is 14.3 Å². The summed E-state index contributed by atoms with van der Waals surface area (Å²) in [5.41, 5.74) is 1.79. The van der Waals surface area contributed by atoms with E-state index in [2.05, 4.69) is 11.9 Å². The maximum atomic E-state index is 12.0. The summed E-state index contributed by atoms with van der Waals surface area (Å²) >= 11 is 0. The van der Waals surface area contributed by atoms with E-state index >= 15 is 0 Å². The predicted molar refractivity (Wildman–Crippen MR) is 103 cm³/mol. The van der Waals surface area contributed by atoms with E-state index in [4.69, 9.17) is 4.74 Å². The fourth-order valence-electron chi connectivity index (χ4n) is 2.37. The van der Waals surface area contributed by atoms with Gasteiger partial charge in [-0.3, -0.25) is 9.59 Å². The summed E-state index contributed by atoms with van der Waals surface area (Å²) < 4.78 is 5.72. The normalized spacial score (nSPS) is 10.0. The molecule has 2 amide bonds. The van der Waals surface area contributed by atoms with Crippen molar-refractivity contribution in [3.05, 3.63) is 72.8 Å². The highest BCUT2D eigenvalue weighted by Crippen LogP contribution is 2.17. The van der Waals surface area contributed by atoms with Crippen molar-refractivity contribution in [1.82, 2.24) is 4.90 Å². The lowest BCUT2D eigenvalue weighted by Gasteiger charge is -2.18. The van der Waals surface area contributed by atoms with Crippen LogP contribution in [0, 0.1) is 0 Å². The van der Waals surface area contributed by atoms with Gasteiger partial charge in [0.05, 0.1) is 0 Å². The van der Waals surface area contributed by atoms with Crippen molar-refractivity contribution in [2.24, 2.45) is 0 Å². The van der Waals surface area contributed by atoms with Crippen molar-refractivity contribution in [1.29, 1.82) is 0 Å². The van der Waals surface area contributed by atoms with E-state index in [1.54, 1.807) is 23.1 Å². The first-order chi connectivity index (χ1) is 12.6. The Labute approximate surface area is 154 Å². The van der Waals surface area contributed by atoms with E-state index in [0.717, 1.165) is 11.3 Å². The van der Waals surface area contributed by atoms with Crippen LogP contribution in [0.1, 0.15) is 18.9 Å². The zero-order valence-electron chi connectivity index (χ0n) is 15.0. The second-order valence-electron chi connectivity index (χ2n) is 5.85. The molecule has 0 heterocycles. The van der Waals surface area contributed by atoms with E-state index < -0.39 is 0 Å². The molecule has 0 spiro atoms. The molecule has 0 aliphatic rings. The number of hydrogen-bond acceptors (Lipinski definition) is 3. The summed E-state index contributed by atoms with van der Waals surface area (Å²) in [6.45, 7) is 6.40. The van der Waals surface area contributed by atoms with Gasteiger partial charge in [0.1, 0.15) is 12.4 Å². The van der Waals surface area contributed by atoms with Crippen LogP contribution in [0.2, 0.25) is 0 Å². The molecule has 2 rings (SSSR count). The Morgan fingerprint density at radius 3 is 2.42 bits per heavy atom. The van der Waals surface area contributed by atoms with Crippen LogP contribution in [-0.2, 0) is 16.2 Å². The summed E-state index contributed by atoms with van der Waals surface area (Å²) in [7, 11) is 0. The Bertz CT molecular complexity index is 727. The van der Waals surface area contributed by atoms with Crippen LogP contribution in [0.3, 0.4) is 0 Å². The molecule has 0 fully saturated rings. The molecule has 0 atom stereocenters. The maximum Gasteiger partial charge on any atom is 0.226 e. The predicted octanol–water partition coefficient (Wildman–Crippen LogP) is 3.63. The van der Waals surface area contributed by atoms with E-state index in [0.29, 0.717) is 25.4 Å². The number of ether oxygens (including phenoxy) is 1. The zero-order valence-corrected chi connectivity index (χ0v) is 15.0. The highest BCUT2D eigenvalue weighted by molar-refractivity contribution is 5.91. The first-order valence-electron chi connectivity index (χ1n) is 8.51. The van der Waals surface area contributed by atoms with Crippen LogP contribution in [0.4, 0.5) is 5.69 Å². The summed E-state index contributed by atoms with van der Waals surface area (Å²) in [6.07, 6.45) is 1.88. The first kappa shape index (κ1) is 19.2. The minimum absolute atomic E-state index is 0.0717. The number of carbonyl (C=O) groups excluding carboxylic acids is 2. The van der Waals surface area contributed by atoms with Gasteiger partial charge >= 0.3 is 0 Å². The Morgan fingerprint density at radius 1 is 1.12 bits per heavy atom. The third-order valence-electron chi connectivity index (χ3n) is 3.79. The van der Waals surface area contributed by atoms with E-state index in [1.165, 1.54) is 6.92 Å². The minimum Gasteiger partial charge on any atom is -0.489 e. The van der Waals surface area contributed by atoms with Crippen LogP contribution in [0.15, 0.2) is 67.3 Å². The van der Waals surface area contributed by atoms with Crippen molar-refractivity contribution in [3.8, 4) is 5.75 Å². The second-order valence-corrected chi connectivity index (χ2v) is 5.85. The van der Waals surface area contributed by atoms with Gasteiger partial charge in [-0.2, -0.15) is 0 Å². The molecule has 0 radical (unpaired) electrons. The Morgan fingerprint density at radius 2 is 1.81 bits per heavy atom. The van der Waals surface area contributed by atoms with Gasteiger partial charge in [-0.05, 0) is 29.8 Å². The smallest absolute Gasteiger partial charge is 0.226 e. The fourth-order valence-corrected chi connectivity index (χ4v) is 2.37. The average Bonchev–Trinajstić information content (AvgIpc) is 2.65. The molecule has 2 aromatic rings. The quantitative estimate of drug-likeness (QED) is 0.701. The third kappa shape index (κ3) is 6.43. The van der Waals surface area contributed by atoms with E-state index in [-0.39, 0.29) is 18.2 Å². The molecule has 5 nitrogen and oxygen atoms in total. The lowest BCUT2D eigenvalue weighted by atomic mass is 10.2. The van der Waals surface area contributed by atoms with Gasteiger partial charge in [-0.15, -0.1) is 6.58 Å². The van der Waals surface area contributed by atoms with Crippen molar-refractivity contribution in [2.45, 2.75) is 20.0 Å². The molecule has 0 aliphatic heterocycles. The van der Waals surface area contributed by atoms with Crippen molar-refractivity contribution in [3.63, 3.8) is 0 Å². The number of nitrogens with zero attached hydrogens (tertiary/aromatic N) is 1. The monoisotopic (exact) mass is 352 g/mol. The summed E-state index contributed by atoms with van der Waals surface area (Å²) in [4.78, 5) is 25.0. The molecule has 2 aromatic carbocycles. The molecule has 5 heteroatoms. The van der Waals surface area contributed by atoms with Crippen LogP contribution in [0.25, 0.3) is 0 Å². The number of carbonyl (C=O) groups is 2. The largest absolute Gasteiger partial charge is 0.489 e. The summed E-state index contributed by atoms with van der Waals surface area (Å²) in [6, 6.07) is 17.1. The second kappa shape index (κ2) is 10.0. The molecular formula is C21H24N2O3. The molecule has 1 N–H and O–H groups in total. The number of anilines is 1. The molecule has 0 saturated carbocycles. The number of nitrogens with one attached hydrogen (secondary N) is 1. The SMILES string of the molecule is C=CCN(CCC(=O)Nc1ccc(OCc2ccccc2)cc1)C(C)=O.